The van der Waals surface area contributed by atoms with Gasteiger partial charge in [-0.05, 0) is 60.8 Å². The minimum Gasteiger partial charge on any atom is -0.497 e. The number of benzene rings is 2. The largest absolute Gasteiger partial charge is 0.497 e. The molecule has 3 rings (SSSR count). The van der Waals surface area contributed by atoms with Crippen molar-refractivity contribution in [3.63, 3.8) is 0 Å². The third kappa shape index (κ3) is 4.83. The van der Waals surface area contributed by atoms with Crippen molar-refractivity contribution in [2.24, 2.45) is 0 Å². The molecule has 7 nitrogen and oxygen atoms in total. The molecular formula is C22H24N2O5S2. The van der Waals surface area contributed by atoms with Gasteiger partial charge in [0.1, 0.15) is 15.7 Å². The number of hydrogen-bond acceptors (Lipinski definition) is 6. The third-order valence-corrected chi connectivity index (χ3v) is 8.01. The van der Waals surface area contributed by atoms with Crippen molar-refractivity contribution in [2.75, 3.05) is 25.6 Å². The number of sulfonamides is 1. The first-order valence-electron chi connectivity index (χ1n) is 9.43. The summed E-state index contributed by atoms with van der Waals surface area (Å²) in [4.78, 5) is 12.7. The number of carbonyl (C=O) groups excluding carboxylic acids is 1. The topological polar surface area (TPSA) is 84.9 Å². The van der Waals surface area contributed by atoms with Crippen LogP contribution in [0.2, 0.25) is 0 Å². The Bertz CT molecular complexity index is 1140. The fraction of sp³-hybridized carbons (Fsp3) is 0.227. The Hall–Kier alpha value is -3.04. The second kappa shape index (κ2) is 9.40. The molecule has 1 N–H and O–H groups in total. The summed E-state index contributed by atoms with van der Waals surface area (Å²) in [6, 6.07) is 14.7. The number of hydrogen-bond donors (Lipinski definition) is 1. The molecule has 9 heteroatoms. The highest BCUT2D eigenvalue weighted by Crippen LogP contribution is 2.30. The molecule has 0 aliphatic carbocycles. The van der Waals surface area contributed by atoms with E-state index in [4.69, 9.17) is 9.47 Å². The van der Waals surface area contributed by atoms with E-state index >= 15 is 0 Å². The van der Waals surface area contributed by atoms with Crippen LogP contribution in [0.25, 0.3) is 0 Å². The standard InChI is InChI=1S/C22H24N2O5S2/c1-15(19-14-18(28-3)11-12-20(19)29-4)23-22(25)16-7-9-17(10-8-16)24(2)31(26,27)21-6-5-13-30-21/h5-15H,1-4H3,(H,23,25). The summed E-state index contributed by atoms with van der Waals surface area (Å²) >= 11 is 1.16. The number of nitrogens with one attached hydrogen (secondary N) is 1. The first-order valence-corrected chi connectivity index (χ1v) is 11.7. The normalized spacial score (nSPS) is 12.1. The van der Waals surface area contributed by atoms with Crippen LogP contribution in [0.1, 0.15) is 28.9 Å². The van der Waals surface area contributed by atoms with E-state index in [-0.39, 0.29) is 16.2 Å². The Kier molecular flexibility index (Phi) is 6.87. The predicted molar refractivity (Wildman–Crippen MR) is 122 cm³/mol. The molecule has 0 fully saturated rings. The lowest BCUT2D eigenvalue weighted by molar-refractivity contribution is 0.0939. The first-order chi connectivity index (χ1) is 14.8. The molecular weight excluding hydrogens is 436 g/mol. The van der Waals surface area contributed by atoms with Crippen molar-refractivity contribution in [2.45, 2.75) is 17.2 Å². The number of thiophene rings is 1. The maximum absolute atomic E-state index is 12.7. The zero-order chi connectivity index (χ0) is 22.6. The zero-order valence-electron chi connectivity index (χ0n) is 17.7. The minimum absolute atomic E-state index is 0.262. The van der Waals surface area contributed by atoms with Gasteiger partial charge in [-0.15, -0.1) is 11.3 Å². The lowest BCUT2D eigenvalue weighted by Crippen LogP contribution is -2.28. The lowest BCUT2D eigenvalue weighted by Gasteiger charge is -2.20. The molecule has 0 saturated carbocycles. The second-order valence-electron chi connectivity index (χ2n) is 6.75. The van der Waals surface area contributed by atoms with Crippen molar-refractivity contribution in [1.29, 1.82) is 0 Å². The van der Waals surface area contributed by atoms with Crippen LogP contribution in [0.15, 0.2) is 64.2 Å². The number of nitrogens with zero attached hydrogens (tertiary/aromatic N) is 1. The van der Waals surface area contributed by atoms with Crippen molar-refractivity contribution >= 4 is 33.0 Å². The number of rotatable bonds is 8. The Morgan fingerprint density at radius 1 is 1.06 bits per heavy atom. The quantitative estimate of drug-likeness (QED) is 0.548. The summed E-state index contributed by atoms with van der Waals surface area (Å²) in [7, 11) is 1.01. The smallest absolute Gasteiger partial charge is 0.273 e. The number of methoxy groups -OCH3 is 2. The Morgan fingerprint density at radius 2 is 1.77 bits per heavy atom. The average Bonchev–Trinajstić information content (AvgIpc) is 3.34. The lowest BCUT2D eigenvalue weighted by atomic mass is 10.1. The summed E-state index contributed by atoms with van der Waals surface area (Å²) in [5.41, 5.74) is 1.67. The van der Waals surface area contributed by atoms with Crippen molar-refractivity contribution in [1.82, 2.24) is 5.32 Å². The molecule has 0 radical (unpaired) electrons. The first kappa shape index (κ1) is 22.6. The van der Waals surface area contributed by atoms with E-state index < -0.39 is 10.0 Å². The monoisotopic (exact) mass is 460 g/mol. The van der Waals surface area contributed by atoms with E-state index in [1.807, 2.05) is 13.0 Å². The van der Waals surface area contributed by atoms with Gasteiger partial charge in [0.2, 0.25) is 0 Å². The van der Waals surface area contributed by atoms with E-state index in [0.29, 0.717) is 22.7 Å². The van der Waals surface area contributed by atoms with Crippen LogP contribution >= 0.6 is 11.3 Å². The van der Waals surface area contributed by atoms with Gasteiger partial charge in [-0.2, -0.15) is 0 Å². The SMILES string of the molecule is COc1ccc(OC)c(C(C)NC(=O)c2ccc(N(C)S(=O)(=O)c3cccs3)cc2)c1. The van der Waals surface area contributed by atoms with Gasteiger partial charge in [-0.3, -0.25) is 9.10 Å². The molecule has 1 heterocycles. The van der Waals surface area contributed by atoms with Gasteiger partial charge in [0.15, 0.2) is 0 Å². The molecule has 1 aromatic heterocycles. The van der Waals surface area contributed by atoms with Gasteiger partial charge in [-0.25, -0.2) is 8.42 Å². The zero-order valence-corrected chi connectivity index (χ0v) is 19.3. The number of carbonyl (C=O) groups is 1. The van der Waals surface area contributed by atoms with Gasteiger partial charge in [0, 0.05) is 18.2 Å². The number of anilines is 1. The summed E-state index contributed by atoms with van der Waals surface area (Å²) < 4.78 is 37.4. The Morgan fingerprint density at radius 3 is 2.35 bits per heavy atom. The fourth-order valence-corrected chi connectivity index (χ4v) is 5.40. The molecule has 0 spiro atoms. The summed E-state index contributed by atoms with van der Waals surface area (Å²) in [6.45, 7) is 1.85. The van der Waals surface area contributed by atoms with Gasteiger partial charge in [-0.1, -0.05) is 6.07 Å². The van der Waals surface area contributed by atoms with Gasteiger partial charge in [0.25, 0.3) is 15.9 Å². The molecule has 1 amide bonds. The van der Waals surface area contributed by atoms with E-state index in [0.717, 1.165) is 16.9 Å². The highest BCUT2D eigenvalue weighted by Gasteiger charge is 2.22. The van der Waals surface area contributed by atoms with Crippen molar-refractivity contribution < 1.29 is 22.7 Å². The van der Waals surface area contributed by atoms with Crippen LogP contribution in [0.3, 0.4) is 0 Å². The third-order valence-electron chi connectivity index (χ3n) is 4.85. The molecule has 3 aromatic rings. The van der Waals surface area contributed by atoms with E-state index in [1.54, 1.807) is 68.1 Å². The van der Waals surface area contributed by atoms with Crippen LogP contribution in [-0.2, 0) is 10.0 Å². The van der Waals surface area contributed by atoms with E-state index in [9.17, 15) is 13.2 Å². The van der Waals surface area contributed by atoms with E-state index in [1.165, 1.54) is 11.4 Å². The van der Waals surface area contributed by atoms with Crippen LogP contribution in [-0.4, -0.2) is 35.6 Å². The van der Waals surface area contributed by atoms with Crippen molar-refractivity contribution in [3.05, 3.63) is 71.1 Å². The average molecular weight is 461 g/mol. The fourth-order valence-electron chi connectivity index (χ4n) is 3.04. The summed E-state index contributed by atoms with van der Waals surface area (Å²) in [5, 5.41) is 4.65. The van der Waals surface area contributed by atoms with Crippen LogP contribution in [0.4, 0.5) is 5.69 Å². The van der Waals surface area contributed by atoms with E-state index in [2.05, 4.69) is 5.32 Å². The molecule has 1 unspecified atom stereocenters. The molecule has 0 bridgehead atoms. The summed E-state index contributed by atoms with van der Waals surface area (Å²) in [5.74, 6) is 1.02. The molecule has 0 saturated heterocycles. The number of amides is 1. The Balaban J connectivity index is 1.75. The van der Waals surface area contributed by atoms with Crippen molar-refractivity contribution in [3.8, 4) is 11.5 Å². The Labute approximate surface area is 186 Å². The maximum atomic E-state index is 12.7. The van der Waals surface area contributed by atoms with Gasteiger partial charge in [0.05, 0.1) is 25.9 Å². The molecule has 0 aliphatic heterocycles. The second-order valence-corrected chi connectivity index (χ2v) is 9.90. The molecule has 1 atom stereocenters. The van der Waals surface area contributed by atoms with Gasteiger partial charge >= 0.3 is 0 Å². The highest BCUT2D eigenvalue weighted by molar-refractivity contribution is 7.94. The number of ether oxygens (including phenoxy) is 2. The van der Waals surface area contributed by atoms with Crippen LogP contribution < -0.4 is 19.1 Å². The van der Waals surface area contributed by atoms with Gasteiger partial charge < -0.3 is 14.8 Å². The molecule has 0 aliphatic rings. The molecule has 2 aromatic carbocycles. The molecule has 31 heavy (non-hydrogen) atoms. The minimum atomic E-state index is -3.63. The molecule has 164 valence electrons. The maximum Gasteiger partial charge on any atom is 0.273 e. The highest BCUT2D eigenvalue weighted by atomic mass is 32.2. The van der Waals surface area contributed by atoms with Crippen LogP contribution in [0, 0.1) is 0 Å². The summed E-state index contributed by atoms with van der Waals surface area (Å²) in [6.07, 6.45) is 0. The van der Waals surface area contributed by atoms with Crippen LogP contribution in [0.5, 0.6) is 11.5 Å². The predicted octanol–water partition coefficient (Wildman–Crippen LogP) is 4.08.